The van der Waals surface area contributed by atoms with Gasteiger partial charge in [-0.25, -0.2) is 0 Å². The van der Waals surface area contributed by atoms with Gasteiger partial charge in [0.1, 0.15) is 6.04 Å². The van der Waals surface area contributed by atoms with E-state index in [1.54, 1.807) is 30.3 Å². The molecular formula is C12H9N2O3-. The Morgan fingerprint density at radius 2 is 2.06 bits per heavy atom. The summed E-state index contributed by atoms with van der Waals surface area (Å²) in [5, 5.41) is 15.0. The van der Waals surface area contributed by atoms with Crippen LogP contribution in [0.5, 0.6) is 0 Å². The van der Waals surface area contributed by atoms with Gasteiger partial charge in [-0.2, -0.15) is 5.10 Å². The molecule has 2 rings (SSSR count). The van der Waals surface area contributed by atoms with Crippen LogP contribution in [0.2, 0.25) is 0 Å². The number of hydrogen-bond donors (Lipinski definition) is 0. The summed E-state index contributed by atoms with van der Waals surface area (Å²) in [5.74, 6) is -1.27. The number of carbonyl (C=O) groups excluding carboxylic acids is 2. The summed E-state index contributed by atoms with van der Waals surface area (Å²) in [6.07, 6.45) is 3.30. The van der Waals surface area contributed by atoms with Crippen LogP contribution in [0.25, 0.3) is 0 Å². The Kier molecular flexibility index (Phi) is 3.00. The summed E-state index contributed by atoms with van der Waals surface area (Å²) in [5.41, 5.74) is 0.875. The minimum atomic E-state index is -1.27. The molecule has 1 unspecified atom stereocenters. The molecule has 5 heteroatoms. The van der Waals surface area contributed by atoms with E-state index in [2.05, 4.69) is 5.10 Å². The van der Waals surface area contributed by atoms with E-state index in [0.29, 0.717) is 17.4 Å². The maximum atomic E-state index is 11.1. The van der Waals surface area contributed by atoms with Gasteiger partial charge in [0.25, 0.3) is 0 Å². The second-order valence-corrected chi connectivity index (χ2v) is 3.50. The smallest absolute Gasteiger partial charge is 0.153 e. The molecule has 1 aromatic heterocycles. The van der Waals surface area contributed by atoms with Crippen LogP contribution in [-0.2, 0) is 4.79 Å². The molecule has 0 aliphatic rings. The van der Waals surface area contributed by atoms with Crippen molar-refractivity contribution < 1.29 is 14.7 Å². The van der Waals surface area contributed by atoms with Crippen LogP contribution in [0, 0.1) is 0 Å². The molecule has 0 N–H and O–H groups in total. The molecule has 1 heterocycles. The molecule has 0 spiro atoms. The van der Waals surface area contributed by atoms with Gasteiger partial charge in [-0.15, -0.1) is 0 Å². The Balaban J connectivity index is 2.42. The normalized spacial score (nSPS) is 12.0. The maximum Gasteiger partial charge on any atom is 0.153 e. The number of rotatable bonds is 4. The quantitative estimate of drug-likeness (QED) is 0.693. The van der Waals surface area contributed by atoms with Crippen LogP contribution in [0.1, 0.15) is 22.0 Å². The first-order valence-electron chi connectivity index (χ1n) is 4.97. The number of hydrogen-bond acceptors (Lipinski definition) is 4. The van der Waals surface area contributed by atoms with E-state index < -0.39 is 12.0 Å². The number of aldehydes is 1. The summed E-state index contributed by atoms with van der Waals surface area (Å²) in [7, 11) is 0. The fourth-order valence-electron chi connectivity index (χ4n) is 1.59. The second kappa shape index (κ2) is 4.61. The van der Waals surface area contributed by atoms with Crippen molar-refractivity contribution in [1.82, 2.24) is 9.78 Å². The predicted octanol–water partition coefficient (Wildman–Crippen LogP) is 0.0349. The van der Waals surface area contributed by atoms with Gasteiger partial charge in [0, 0.05) is 6.20 Å². The number of carboxylic acid groups (broad SMARTS) is 1. The SMILES string of the molecule is O=Cc1cnn(C(C(=O)[O-])c2ccccc2)c1. The number of aromatic nitrogens is 2. The molecule has 5 nitrogen and oxygen atoms in total. The molecule has 0 aliphatic heterocycles. The Morgan fingerprint density at radius 3 is 2.59 bits per heavy atom. The fraction of sp³-hybridized carbons (Fsp3) is 0.0833. The molecule has 1 aromatic carbocycles. The van der Waals surface area contributed by atoms with Crippen LogP contribution < -0.4 is 5.11 Å². The van der Waals surface area contributed by atoms with Crippen molar-refractivity contribution in [3.8, 4) is 0 Å². The highest BCUT2D eigenvalue weighted by Gasteiger charge is 2.15. The van der Waals surface area contributed by atoms with Crippen LogP contribution >= 0.6 is 0 Å². The Morgan fingerprint density at radius 1 is 1.35 bits per heavy atom. The van der Waals surface area contributed by atoms with Crippen molar-refractivity contribution in [2.24, 2.45) is 0 Å². The summed E-state index contributed by atoms with van der Waals surface area (Å²) in [6, 6.07) is 7.57. The van der Waals surface area contributed by atoms with Gasteiger partial charge in [0.2, 0.25) is 0 Å². The third-order valence-electron chi connectivity index (χ3n) is 2.36. The third kappa shape index (κ3) is 2.23. The highest BCUT2D eigenvalue weighted by atomic mass is 16.4. The zero-order valence-electron chi connectivity index (χ0n) is 8.82. The Labute approximate surface area is 97.3 Å². The number of benzene rings is 1. The molecule has 0 amide bonds. The van der Waals surface area contributed by atoms with Crippen LogP contribution in [0.15, 0.2) is 42.7 Å². The van der Waals surface area contributed by atoms with E-state index in [-0.39, 0.29) is 0 Å². The number of aliphatic carboxylic acids is 1. The molecule has 0 radical (unpaired) electrons. The van der Waals surface area contributed by atoms with Crippen LogP contribution in [0.4, 0.5) is 0 Å². The lowest BCUT2D eigenvalue weighted by molar-refractivity contribution is -0.309. The lowest BCUT2D eigenvalue weighted by atomic mass is 10.1. The van der Waals surface area contributed by atoms with Gasteiger partial charge >= 0.3 is 0 Å². The molecule has 2 aromatic rings. The maximum absolute atomic E-state index is 11.1. The number of carbonyl (C=O) groups is 2. The fourth-order valence-corrected chi connectivity index (χ4v) is 1.59. The average Bonchev–Trinajstić information content (AvgIpc) is 2.79. The first-order valence-corrected chi connectivity index (χ1v) is 4.97. The average molecular weight is 229 g/mol. The minimum absolute atomic E-state index is 0.326. The predicted molar refractivity (Wildman–Crippen MR) is 57.2 cm³/mol. The van der Waals surface area contributed by atoms with Crippen molar-refractivity contribution in [3.05, 3.63) is 53.9 Å². The van der Waals surface area contributed by atoms with Crippen molar-refractivity contribution in [2.45, 2.75) is 6.04 Å². The third-order valence-corrected chi connectivity index (χ3v) is 2.36. The van der Waals surface area contributed by atoms with E-state index in [0.717, 1.165) is 0 Å². The lowest BCUT2D eigenvalue weighted by Crippen LogP contribution is -2.34. The summed E-state index contributed by atoms with van der Waals surface area (Å²) >= 11 is 0. The van der Waals surface area contributed by atoms with Crippen LogP contribution in [-0.4, -0.2) is 22.0 Å². The van der Waals surface area contributed by atoms with E-state index in [9.17, 15) is 14.7 Å². The van der Waals surface area contributed by atoms with Gasteiger partial charge in [0.15, 0.2) is 6.29 Å². The minimum Gasteiger partial charge on any atom is -0.547 e. The van der Waals surface area contributed by atoms with Gasteiger partial charge in [0.05, 0.1) is 17.7 Å². The molecule has 0 bridgehead atoms. The lowest BCUT2D eigenvalue weighted by Gasteiger charge is -2.18. The Hall–Kier alpha value is -2.43. The molecule has 86 valence electrons. The van der Waals surface area contributed by atoms with Gasteiger partial charge < -0.3 is 9.90 Å². The molecule has 0 aliphatic carbocycles. The van der Waals surface area contributed by atoms with E-state index in [4.69, 9.17) is 0 Å². The molecule has 0 saturated carbocycles. The molecular weight excluding hydrogens is 220 g/mol. The first-order chi connectivity index (χ1) is 8.22. The van der Waals surface area contributed by atoms with Gasteiger partial charge in [-0.05, 0) is 5.56 Å². The molecule has 0 saturated heterocycles. The molecule has 17 heavy (non-hydrogen) atoms. The number of carboxylic acids is 1. The van der Waals surface area contributed by atoms with Gasteiger partial charge in [-0.3, -0.25) is 9.48 Å². The second-order valence-electron chi connectivity index (χ2n) is 3.50. The number of nitrogens with zero attached hydrogens (tertiary/aromatic N) is 2. The first kappa shape index (κ1) is 11.1. The summed E-state index contributed by atoms with van der Waals surface area (Å²) in [4.78, 5) is 21.7. The van der Waals surface area contributed by atoms with Crippen molar-refractivity contribution in [2.75, 3.05) is 0 Å². The Bertz CT molecular complexity index is 534. The van der Waals surface area contributed by atoms with Crippen molar-refractivity contribution in [1.29, 1.82) is 0 Å². The van der Waals surface area contributed by atoms with Gasteiger partial charge in [-0.1, -0.05) is 30.3 Å². The zero-order valence-corrected chi connectivity index (χ0v) is 8.82. The van der Waals surface area contributed by atoms with Crippen molar-refractivity contribution in [3.63, 3.8) is 0 Å². The summed E-state index contributed by atoms with van der Waals surface area (Å²) in [6.45, 7) is 0. The standard InChI is InChI=1S/C12H10N2O3/c15-8-9-6-13-14(7-9)11(12(16)17)10-4-2-1-3-5-10/h1-8,11H,(H,16,17)/p-1. The molecule has 0 fully saturated rings. The zero-order chi connectivity index (χ0) is 12.3. The highest BCUT2D eigenvalue weighted by molar-refractivity contribution is 5.76. The summed E-state index contributed by atoms with van der Waals surface area (Å²) < 4.78 is 1.20. The topological polar surface area (TPSA) is 75.0 Å². The van der Waals surface area contributed by atoms with Crippen molar-refractivity contribution >= 4 is 12.3 Å². The van der Waals surface area contributed by atoms with Crippen LogP contribution in [0.3, 0.4) is 0 Å². The molecule has 1 atom stereocenters. The monoisotopic (exact) mass is 229 g/mol. The van der Waals surface area contributed by atoms with E-state index >= 15 is 0 Å². The van der Waals surface area contributed by atoms with E-state index in [1.807, 2.05) is 0 Å². The highest BCUT2D eigenvalue weighted by Crippen LogP contribution is 2.16. The van der Waals surface area contributed by atoms with E-state index in [1.165, 1.54) is 17.1 Å². The largest absolute Gasteiger partial charge is 0.547 e.